The van der Waals surface area contributed by atoms with Crippen molar-refractivity contribution in [2.24, 2.45) is 5.92 Å². The zero-order valence-electron chi connectivity index (χ0n) is 23.2. The number of ether oxygens (including phenoxy) is 2. The Kier molecular flexibility index (Phi) is 9.31. The van der Waals surface area contributed by atoms with E-state index in [1.165, 1.54) is 11.6 Å². The van der Waals surface area contributed by atoms with E-state index in [1.807, 2.05) is 18.2 Å². The largest absolute Gasteiger partial charge is 0.432 e. The lowest BCUT2D eigenvalue weighted by atomic mass is 9.77. The minimum Gasteiger partial charge on any atom is -0.432 e. The van der Waals surface area contributed by atoms with E-state index in [-0.39, 0.29) is 30.7 Å². The van der Waals surface area contributed by atoms with E-state index in [0.29, 0.717) is 43.1 Å². The molecule has 0 amide bonds. The molecule has 5 rings (SSSR count). The van der Waals surface area contributed by atoms with Crippen molar-refractivity contribution in [1.29, 1.82) is 0 Å². The van der Waals surface area contributed by atoms with Gasteiger partial charge in [-0.3, -0.25) is 0 Å². The Morgan fingerprint density at radius 3 is 1.90 bits per heavy atom. The molecule has 3 aromatic rings. The smallest absolute Gasteiger partial charge is 0.400 e. The lowest BCUT2D eigenvalue weighted by Crippen LogP contribution is -2.37. The Morgan fingerprint density at radius 2 is 1.31 bits per heavy atom. The molecule has 0 radical (unpaired) electrons. The maximum atomic E-state index is 15.2. The van der Waals surface area contributed by atoms with Crippen LogP contribution in [0.2, 0.25) is 0 Å². The van der Waals surface area contributed by atoms with E-state index in [0.717, 1.165) is 36.8 Å². The standard InChI is InChI=1S/C34H34F6O2/c1-2-17-41-27-14-9-22(10-15-27)21-3-5-23(6-4-21)25-11-16-29(30(35)18-25)24-7-12-26(13-8-24)34(39,40)42-28-19-31(36)33(38)32(37)20-28/h2-6,11,16,18-20,22,24,26-27H,1,7-10,12-15,17H2. The molecule has 8 heteroatoms. The van der Waals surface area contributed by atoms with Crippen LogP contribution in [0.15, 0.2) is 67.3 Å². The van der Waals surface area contributed by atoms with Gasteiger partial charge in [-0.05, 0) is 91.5 Å². The quantitative estimate of drug-likeness (QED) is 0.141. The molecule has 0 unspecified atom stereocenters. The molecule has 2 nitrogen and oxygen atoms in total. The van der Waals surface area contributed by atoms with Crippen molar-refractivity contribution in [2.45, 2.75) is 75.4 Å². The monoisotopic (exact) mass is 588 g/mol. The Morgan fingerprint density at radius 1 is 0.714 bits per heavy atom. The van der Waals surface area contributed by atoms with Crippen LogP contribution in [-0.2, 0) is 4.74 Å². The molecule has 0 bridgehead atoms. The molecule has 0 heterocycles. The Bertz CT molecular complexity index is 1350. The first-order valence-corrected chi connectivity index (χ1v) is 14.5. The van der Waals surface area contributed by atoms with Crippen molar-refractivity contribution in [1.82, 2.24) is 0 Å². The summed E-state index contributed by atoms with van der Waals surface area (Å²) in [7, 11) is 0. The Labute approximate surface area is 242 Å². The van der Waals surface area contributed by atoms with Gasteiger partial charge in [-0.15, -0.1) is 6.58 Å². The fourth-order valence-corrected chi connectivity index (χ4v) is 6.32. The van der Waals surface area contributed by atoms with Crippen molar-refractivity contribution >= 4 is 0 Å². The van der Waals surface area contributed by atoms with E-state index in [2.05, 4.69) is 23.4 Å². The fourth-order valence-electron chi connectivity index (χ4n) is 6.32. The number of rotatable bonds is 9. The molecule has 2 fully saturated rings. The normalized spacial score (nSPS) is 23.0. The van der Waals surface area contributed by atoms with Crippen molar-refractivity contribution in [3.05, 3.63) is 102 Å². The molecule has 0 N–H and O–H groups in total. The van der Waals surface area contributed by atoms with Gasteiger partial charge in [0, 0.05) is 12.1 Å². The third-order valence-electron chi connectivity index (χ3n) is 8.69. The minimum absolute atomic E-state index is 0.0365. The zero-order chi connectivity index (χ0) is 29.9. The van der Waals surface area contributed by atoms with Crippen LogP contribution in [0.25, 0.3) is 11.1 Å². The van der Waals surface area contributed by atoms with E-state index in [1.54, 1.807) is 12.1 Å². The van der Waals surface area contributed by atoms with Gasteiger partial charge in [-0.1, -0.05) is 42.5 Å². The van der Waals surface area contributed by atoms with Crippen molar-refractivity contribution in [2.75, 3.05) is 6.61 Å². The van der Waals surface area contributed by atoms with Crippen LogP contribution in [0.4, 0.5) is 26.3 Å². The predicted molar refractivity (Wildman–Crippen MR) is 150 cm³/mol. The summed E-state index contributed by atoms with van der Waals surface area (Å²) in [6.07, 6.45) is 3.21. The second-order valence-corrected chi connectivity index (χ2v) is 11.4. The van der Waals surface area contributed by atoms with Gasteiger partial charge in [0.1, 0.15) is 11.6 Å². The van der Waals surface area contributed by atoms with E-state index >= 15 is 4.39 Å². The van der Waals surface area contributed by atoms with Crippen molar-refractivity contribution < 1.29 is 35.8 Å². The maximum absolute atomic E-state index is 15.2. The predicted octanol–water partition coefficient (Wildman–Crippen LogP) is 10.1. The van der Waals surface area contributed by atoms with Gasteiger partial charge in [-0.2, -0.15) is 8.78 Å². The van der Waals surface area contributed by atoms with Crippen LogP contribution >= 0.6 is 0 Å². The molecule has 224 valence electrons. The number of hydrogen-bond donors (Lipinski definition) is 0. The SMILES string of the molecule is C=CCOC1CCC(c2ccc(-c3ccc(C4CCC(C(F)(F)Oc5cc(F)c(F)c(F)c5)CC4)c(F)c3)cc2)CC1. The fraction of sp³-hybridized carbons (Fsp3) is 0.412. The van der Waals surface area contributed by atoms with Gasteiger partial charge in [0.2, 0.25) is 0 Å². The van der Waals surface area contributed by atoms with Gasteiger partial charge < -0.3 is 9.47 Å². The molecule has 0 aliphatic heterocycles. The highest BCUT2D eigenvalue weighted by Crippen LogP contribution is 2.44. The van der Waals surface area contributed by atoms with Crippen LogP contribution in [0.1, 0.15) is 74.3 Å². The molecule has 42 heavy (non-hydrogen) atoms. The topological polar surface area (TPSA) is 18.5 Å². The molecular weight excluding hydrogens is 554 g/mol. The van der Waals surface area contributed by atoms with Gasteiger partial charge >= 0.3 is 6.11 Å². The number of halogens is 6. The lowest BCUT2D eigenvalue weighted by Gasteiger charge is -2.33. The highest BCUT2D eigenvalue weighted by molar-refractivity contribution is 5.64. The summed E-state index contributed by atoms with van der Waals surface area (Å²) in [5.74, 6) is -7.10. The van der Waals surface area contributed by atoms with Crippen LogP contribution in [-0.4, -0.2) is 18.8 Å². The van der Waals surface area contributed by atoms with E-state index < -0.39 is 35.2 Å². The third kappa shape index (κ3) is 6.86. The highest BCUT2D eigenvalue weighted by Gasteiger charge is 2.44. The van der Waals surface area contributed by atoms with Crippen LogP contribution < -0.4 is 4.74 Å². The highest BCUT2D eigenvalue weighted by atomic mass is 19.3. The number of hydrogen-bond acceptors (Lipinski definition) is 2. The summed E-state index contributed by atoms with van der Waals surface area (Å²) < 4.78 is 95.2. The molecular formula is C34H34F6O2. The summed E-state index contributed by atoms with van der Waals surface area (Å²) in [5.41, 5.74) is 3.40. The first-order valence-electron chi connectivity index (χ1n) is 14.5. The van der Waals surface area contributed by atoms with E-state index in [9.17, 15) is 22.0 Å². The first-order chi connectivity index (χ1) is 20.1. The molecule has 0 aromatic heterocycles. The van der Waals surface area contributed by atoms with Crippen molar-refractivity contribution in [3.63, 3.8) is 0 Å². The van der Waals surface area contributed by atoms with Crippen LogP contribution in [0.3, 0.4) is 0 Å². The van der Waals surface area contributed by atoms with Crippen LogP contribution in [0.5, 0.6) is 5.75 Å². The first kappa shape index (κ1) is 30.2. The average molecular weight is 589 g/mol. The number of alkyl halides is 2. The van der Waals surface area contributed by atoms with Gasteiger partial charge in [0.05, 0.1) is 18.6 Å². The summed E-state index contributed by atoms with van der Waals surface area (Å²) in [6.45, 7) is 4.28. The Hall–Kier alpha value is -3.26. The van der Waals surface area contributed by atoms with Crippen molar-refractivity contribution in [3.8, 4) is 16.9 Å². The molecule has 0 spiro atoms. The molecule has 0 atom stereocenters. The second-order valence-electron chi connectivity index (χ2n) is 11.4. The second kappa shape index (κ2) is 12.9. The number of benzene rings is 3. The minimum atomic E-state index is -3.71. The molecule has 2 aliphatic rings. The molecule has 2 aliphatic carbocycles. The molecule has 3 aromatic carbocycles. The summed E-state index contributed by atoms with van der Waals surface area (Å²) in [4.78, 5) is 0. The van der Waals surface area contributed by atoms with Gasteiger partial charge in [0.15, 0.2) is 17.5 Å². The van der Waals surface area contributed by atoms with Crippen LogP contribution in [0, 0.1) is 29.2 Å². The Balaban J connectivity index is 1.17. The lowest BCUT2D eigenvalue weighted by molar-refractivity contribution is -0.222. The molecule has 2 saturated carbocycles. The summed E-state index contributed by atoms with van der Waals surface area (Å²) >= 11 is 0. The average Bonchev–Trinajstić information content (AvgIpc) is 2.99. The molecule has 0 saturated heterocycles. The zero-order valence-corrected chi connectivity index (χ0v) is 23.2. The maximum Gasteiger partial charge on any atom is 0.400 e. The van der Waals surface area contributed by atoms with Gasteiger partial charge in [-0.25, -0.2) is 17.6 Å². The summed E-state index contributed by atoms with van der Waals surface area (Å²) in [5, 5.41) is 0. The third-order valence-corrected chi connectivity index (χ3v) is 8.69. The summed E-state index contributed by atoms with van der Waals surface area (Å²) in [6, 6.07) is 14.1. The van der Waals surface area contributed by atoms with E-state index in [4.69, 9.17) is 4.74 Å². The van der Waals surface area contributed by atoms with Gasteiger partial charge in [0.25, 0.3) is 0 Å².